The molecule has 5 aliphatic rings. The average molecular weight is 1390 g/mol. The molecule has 5 heteroatoms. The van der Waals surface area contributed by atoms with E-state index in [0.29, 0.717) is 17.8 Å². The Morgan fingerprint density at radius 1 is 0.355 bits per heavy atom. The number of rotatable bonds is 10. The summed E-state index contributed by atoms with van der Waals surface area (Å²) in [5, 5.41) is 5.17. The van der Waals surface area contributed by atoms with Gasteiger partial charge in [0.05, 0.1) is 28.5 Å². The van der Waals surface area contributed by atoms with Crippen molar-refractivity contribution >= 4 is 101 Å². The lowest BCUT2D eigenvalue weighted by molar-refractivity contribution is 0.207. The van der Waals surface area contributed by atoms with E-state index >= 15 is 0 Å². The molecule has 2 aliphatic heterocycles. The Labute approximate surface area is 633 Å². The predicted octanol–water partition coefficient (Wildman–Crippen LogP) is 26.1. The lowest BCUT2D eigenvalue weighted by atomic mass is 9.32. The van der Waals surface area contributed by atoms with Crippen LogP contribution in [0.4, 0.5) is 34.1 Å². The number of nitrogens with zero attached hydrogens (tertiary/aromatic N) is 4. The molecule has 0 fully saturated rings. The van der Waals surface area contributed by atoms with Gasteiger partial charge in [-0.15, -0.1) is 0 Å². The fraction of sp³-hybridized carbons (Fsp3) is 0.235. The first kappa shape index (κ1) is 66.8. The minimum atomic E-state index is -0.313. The van der Waals surface area contributed by atoms with Crippen molar-refractivity contribution in [2.75, 3.05) is 9.80 Å². The van der Waals surface area contributed by atoms with Crippen LogP contribution in [0.5, 0.6) is 0 Å². The summed E-state index contributed by atoms with van der Waals surface area (Å²) in [4.78, 5) is 5.61. The van der Waals surface area contributed by atoms with Crippen molar-refractivity contribution in [3.63, 3.8) is 0 Å². The summed E-state index contributed by atoms with van der Waals surface area (Å²) >= 11 is 0. The number of anilines is 6. The summed E-state index contributed by atoms with van der Waals surface area (Å²) < 4.78 is 5.49. The van der Waals surface area contributed by atoms with Gasteiger partial charge in [0, 0.05) is 83.3 Å². The second kappa shape index (κ2) is 26.0. The van der Waals surface area contributed by atoms with Crippen molar-refractivity contribution < 1.29 is 0 Å². The smallest absolute Gasteiger partial charge is 0.253 e. The molecule has 4 nitrogen and oxygen atoms in total. The third-order valence-corrected chi connectivity index (χ3v) is 24.9. The van der Waals surface area contributed by atoms with E-state index in [-0.39, 0.29) is 29.0 Å². The Bertz CT molecular complexity index is 5750. The monoisotopic (exact) mass is 1390 g/mol. The van der Waals surface area contributed by atoms with Gasteiger partial charge < -0.3 is 18.9 Å². The number of allylic oxidation sites excluding steroid dienone is 6. The van der Waals surface area contributed by atoms with Crippen molar-refractivity contribution in [1.29, 1.82) is 0 Å². The van der Waals surface area contributed by atoms with E-state index in [1.54, 1.807) is 5.57 Å². The molecular weight excluding hydrogens is 1290 g/mol. The van der Waals surface area contributed by atoms with Crippen LogP contribution in [0.3, 0.4) is 0 Å². The topological polar surface area (TPSA) is 16.3 Å². The molecule has 4 heterocycles. The number of fused-ring (bicyclic) bond motifs is 11. The standard InChI is InChI=1S/C102H95BN4/c1-100(2,3)72-59-81(68-39-20-12-21-40-68)98(82(60-72)69-41-22-13-23-42-69)106-90-58-57-89-94(80-49-30-33-54-88(80)105(89)97-76(66-35-16-10-17-36-66)50-34-51-77(97)67-37-18-11-19-38-67)96(90)103-85-56-55-75(104-86-52-31-28-47-78(86)79-48-29-32-53-87(79)104)65-91(85)107(93-64-74(102(7,8)9)63-92(106)95(93)103)99-83(70-43-24-14-25-44-70)61-73(101(4,5)6)62-84(99)71-45-26-15-27-46-71/h10-16,18,20-33,39-50,52-67,77,97H,17,19,34-38,51H2,1-9H3. The molecule has 4 atom stereocenters. The SMILES string of the molecule is CC(C)(C)c1cc(-c2ccccc2)c(N2c3cc(-n4c5ccccc5c5ccccc54)ccc3B3c4c2cc(C(C)(C)C)cc4N(c2c(-c4ccccc4)cc(C(C)(C)C)cc2-c2ccccc2)c2ccc4c(c23)c2ccccc2n4C2C(C3CC=CCC3)=CCCC2C2CC=CCC2)c(-c2ccccc2)c1. The number of para-hydroxylation sites is 3. The van der Waals surface area contributed by atoms with E-state index in [4.69, 9.17) is 0 Å². The van der Waals surface area contributed by atoms with Crippen LogP contribution >= 0.6 is 0 Å². The summed E-state index contributed by atoms with van der Waals surface area (Å²) in [5.74, 6) is 1.56. The van der Waals surface area contributed by atoms with Gasteiger partial charge in [-0.3, -0.25) is 0 Å². The van der Waals surface area contributed by atoms with Gasteiger partial charge in [-0.25, -0.2) is 0 Å². The number of hydrogen-bond donors (Lipinski definition) is 0. The summed E-state index contributed by atoms with van der Waals surface area (Å²) in [5.41, 5.74) is 31.6. The maximum atomic E-state index is 2.94. The zero-order chi connectivity index (χ0) is 72.6. The van der Waals surface area contributed by atoms with Crippen molar-refractivity contribution in [3.8, 4) is 50.2 Å². The molecule has 0 radical (unpaired) electrons. The molecule has 0 amide bonds. The quantitative estimate of drug-likeness (QED) is 0.100. The first-order valence-electron chi connectivity index (χ1n) is 39.6. The van der Waals surface area contributed by atoms with Gasteiger partial charge in [0.2, 0.25) is 0 Å². The van der Waals surface area contributed by atoms with Crippen LogP contribution in [0.1, 0.15) is 136 Å². The highest BCUT2D eigenvalue weighted by molar-refractivity contribution is 7.02. The van der Waals surface area contributed by atoms with Gasteiger partial charge in [0.25, 0.3) is 6.71 Å². The summed E-state index contributed by atoms with van der Waals surface area (Å²) in [7, 11) is 0. The molecule has 107 heavy (non-hydrogen) atoms. The van der Waals surface area contributed by atoms with E-state index in [1.807, 2.05) is 0 Å². The number of hydrogen-bond acceptors (Lipinski definition) is 2. The van der Waals surface area contributed by atoms with Crippen LogP contribution in [-0.2, 0) is 16.2 Å². The maximum Gasteiger partial charge on any atom is 0.253 e. The highest BCUT2D eigenvalue weighted by atomic mass is 15.2. The third-order valence-electron chi connectivity index (χ3n) is 24.9. The molecule has 4 unspecified atom stereocenters. The fourth-order valence-corrected chi connectivity index (χ4v) is 19.6. The lowest BCUT2D eigenvalue weighted by Crippen LogP contribution is -2.61. The average Bonchev–Trinajstić information content (AvgIpc) is 1.64. The molecule has 14 aromatic rings. The normalized spacial score (nSPS) is 18.0. The van der Waals surface area contributed by atoms with Gasteiger partial charge in [-0.2, -0.15) is 0 Å². The zero-order valence-electron chi connectivity index (χ0n) is 63.5. The van der Waals surface area contributed by atoms with Crippen LogP contribution in [0, 0.1) is 17.8 Å². The molecule has 0 N–H and O–H groups in total. The van der Waals surface area contributed by atoms with Crippen molar-refractivity contribution in [2.45, 2.75) is 136 Å². The predicted molar refractivity (Wildman–Crippen MR) is 458 cm³/mol. The Hall–Kier alpha value is -10.9. The molecule has 0 bridgehead atoms. The Kier molecular flexibility index (Phi) is 16.2. The van der Waals surface area contributed by atoms with Crippen molar-refractivity contribution in [3.05, 3.63) is 313 Å². The van der Waals surface area contributed by atoms with Gasteiger partial charge >= 0.3 is 0 Å². The van der Waals surface area contributed by atoms with E-state index in [1.165, 1.54) is 169 Å². The molecule has 19 rings (SSSR count). The number of aromatic nitrogens is 2. The largest absolute Gasteiger partial charge is 0.333 e. The van der Waals surface area contributed by atoms with Crippen LogP contribution < -0.4 is 26.2 Å². The van der Waals surface area contributed by atoms with Crippen LogP contribution in [0.25, 0.3) is 93.8 Å². The third kappa shape index (κ3) is 11.1. The van der Waals surface area contributed by atoms with Crippen molar-refractivity contribution in [1.82, 2.24) is 9.13 Å². The van der Waals surface area contributed by atoms with E-state index in [0.717, 1.165) is 43.5 Å². The first-order valence-corrected chi connectivity index (χ1v) is 39.6. The Balaban J connectivity index is 1.02. The minimum Gasteiger partial charge on any atom is -0.333 e. The van der Waals surface area contributed by atoms with Crippen LogP contribution in [0.15, 0.2) is 297 Å². The molecule has 0 spiro atoms. The Morgan fingerprint density at radius 2 is 0.813 bits per heavy atom. The number of benzene rings is 12. The molecule has 2 aromatic heterocycles. The zero-order valence-corrected chi connectivity index (χ0v) is 63.5. The van der Waals surface area contributed by atoms with E-state index < -0.39 is 0 Å². The summed E-state index contributed by atoms with van der Waals surface area (Å²) in [6.07, 6.45) is 21.9. The van der Waals surface area contributed by atoms with Crippen molar-refractivity contribution in [2.24, 2.45) is 17.8 Å². The molecule has 526 valence electrons. The van der Waals surface area contributed by atoms with Gasteiger partial charge in [0.1, 0.15) is 0 Å². The molecule has 12 aromatic carbocycles. The van der Waals surface area contributed by atoms with Crippen LogP contribution in [-0.4, -0.2) is 15.8 Å². The van der Waals surface area contributed by atoms with Crippen LogP contribution in [0.2, 0.25) is 0 Å². The molecule has 0 saturated carbocycles. The highest BCUT2D eigenvalue weighted by Gasteiger charge is 2.49. The van der Waals surface area contributed by atoms with Gasteiger partial charge in [-0.05, 0) is 225 Å². The molecule has 3 aliphatic carbocycles. The minimum absolute atomic E-state index is 0.181. The van der Waals surface area contributed by atoms with E-state index in [2.05, 4.69) is 372 Å². The fourth-order valence-electron chi connectivity index (χ4n) is 19.6. The molecule has 0 saturated heterocycles. The Morgan fingerprint density at radius 3 is 1.30 bits per heavy atom. The first-order chi connectivity index (χ1) is 52.0. The lowest BCUT2D eigenvalue weighted by Gasteiger charge is -2.47. The van der Waals surface area contributed by atoms with E-state index in [9.17, 15) is 0 Å². The second-order valence-electron chi connectivity index (χ2n) is 34.4. The maximum absolute atomic E-state index is 2.94. The van der Waals surface area contributed by atoms with Gasteiger partial charge in [0.15, 0.2) is 0 Å². The second-order valence-corrected chi connectivity index (χ2v) is 34.4. The van der Waals surface area contributed by atoms with Gasteiger partial charge in [-0.1, -0.05) is 275 Å². The highest BCUT2D eigenvalue weighted by Crippen LogP contribution is 2.58. The summed E-state index contributed by atoms with van der Waals surface area (Å²) in [6.45, 7) is 21.3. The molecular formula is C102H95BN4. The summed E-state index contributed by atoms with van der Waals surface area (Å²) in [6, 6.07) is 102.